The van der Waals surface area contributed by atoms with Crippen LogP contribution in [0.2, 0.25) is 0 Å². The maximum absolute atomic E-state index is 14.0. The standard InChI is InChI=1S/C30H35BrFN3O6S/c1-5-6-16-33-30(37)21(2)34(19-22-8-7-9-23(31)17-22)29(36)20-35(25-12-10-24(32)11-13-25)42(38,39)26-14-15-27(40-3)28(18-26)41-4/h7-15,17-18,21H,5-6,16,19-20H2,1-4H3,(H,33,37). The Labute approximate surface area is 254 Å². The zero-order chi connectivity index (χ0) is 30.9. The molecule has 0 aliphatic rings. The number of benzene rings is 3. The molecule has 0 saturated carbocycles. The molecule has 3 rings (SSSR count). The van der Waals surface area contributed by atoms with Crippen LogP contribution in [-0.2, 0) is 26.2 Å². The van der Waals surface area contributed by atoms with Gasteiger partial charge in [-0.2, -0.15) is 0 Å². The molecular weight excluding hydrogens is 629 g/mol. The minimum Gasteiger partial charge on any atom is -0.493 e. The van der Waals surface area contributed by atoms with Crippen molar-refractivity contribution in [1.29, 1.82) is 0 Å². The number of nitrogens with one attached hydrogen (secondary N) is 1. The lowest BCUT2D eigenvalue weighted by molar-refractivity contribution is -0.139. The summed E-state index contributed by atoms with van der Waals surface area (Å²) in [6.07, 6.45) is 1.66. The van der Waals surface area contributed by atoms with E-state index in [9.17, 15) is 22.4 Å². The third kappa shape index (κ3) is 8.22. The number of unbranched alkanes of at least 4 members (excludes halogenated alkanes) is 1. The van der Waals surface area contributed by atoms with Crippen molar-refractivity contribution in [3.05, 3.63) is 82.6 Å². The van der Waals surface area contributed by atoms with Gasteiger partial charge in [0.2, 0.25) is 11.8 Å². The highest BCUT2D eigenvalue weighted by Crippen LogP contribution is 2.32. The molecule has 0 spiro atoms. The molecule has 0 bridgehead atoms. The van der Waals surface area contributed by atoms with Crippen molar-refractivity contribution in [3.8, 4) is 11.5 Å². The van der Waals surface area contributed by atoms with E-state index < -0.39 is 34.3 Å². The Morgan fingerprint density at radius 2 is 1.69 bits per heavy atom. The van der Waals surface area contributed by atoms with Crippen molar-refractivity contribution in [2.24, 2.45) is 0 Å². The number of amides is 2. The quantitative estimate of drug-likeness (QED) is 0.240. The van der Waals surface area contributed by atoms with Crippen molar-refractivity contribution in [2.75, 3.05) is 31.6 Å². The summed E-state index contributed by atoms with van der Waals surface area (Å²) < 4.78 is 54.0. The molecular formula is C30H35BrFN3O6S. The highest BCUT2D eigenvalue weighted by molar-refractivity contribution is 9.10. The molecule has 0 aliphatic carbocycles. The summed E-state index contributed by atoms with van der Waals surface area (Å²) in [7, 11) is -1.57. The maximum Gasteiger partial charge on any atom is 0.264 e. The Kier molecular flexibility index (Phi) is 11.7. The Balaban J connectivity index is 2.04. The normalized spacial score (nSPS) is 11.9. The summed E-state index contributed by atoms with van der Waals surface area (Å²) in [4.78, 5) is 28.2. The summed E-state index contributed by atoms with van der Waals surface area (Å²) in [6, 6.07) is 15.2. The van der Waals surface area contributed by atoms with Crippen molar-refractivity contribution in [2.45, 2.75) is 44.2 Å². The summed E-state index contributed by atoms with van der Waals surface area (Å²) in [6.45, 7) is 3.45. The monoisotopic (exact) mass is 663 g/mol. The van der Waals surface area contributed by atoms with Gasteiger partial charge in [-0.15, -0.1) is 0 Å². The zero-order valence-corrected chi connectivity index (χ0v) is 26.4. The lowest BCUT2D eigenvalue weighted by Gasteiger charge is -2.32. The van der Waals surface area contributed by atoms with Crippen LogP contribution >= 0.6 is 15.9 Å². The molecule has 9 nitrogen and oxygen atoms in total. The first-order valence-corrected chi connectivity index (χ1v) is 15.6. The predicted octanol–water partition coefficient (Wildman–Crippen LogP) is 5.13. The van der Waals surface area contributed by atoms with Crippen LogP contribution < -0.4 is 19.1 Å². The first kappa shape index (κ1) is 32.9. The van der Waals surface area contributed by atoms with E-state index in [1.54, 1.807) is 13.0 Å². The fourth-order valence-electron chi connectivity index (χ4n) is 4.19. The number of hydrogen-bond acceptors (Lipinski definition) is 6. The second-order valence-corrected chi connectivity index (χ2v) is 12.3. The largest absolute Gasteiger partial charge is 0.493 e. The van der Waals surface area contributed by atoms with Crippen LogP contribution in [-0.4, -0.2) is 58.5 Å². The van der Waals surface area contributed by atoms with Gasteiger partial charge >= 0.3 is 0 Å². The third-order valence-electron chi connectivity index (χ3n) is 6.58. The zero-order valence-electron chi connectivity index (χ0n) is 24.0. The number of hydrogen-bond donors (Lipinski definition) is 1. The molecule has 42 heavy (non-hydrogen) atoms. The van der Waals surface area contributed by atoms with Crippen LogP contribution in [0.4, 0.5) is 10.1 Å². The van der Waals surface area contributed by atoms with E-state index in [0.717, 1.165) is 39.3 Å². The van der Waals surface area contributed by atoms with Crippen molar-refractivity contribution in [1.82, 2.24) is 10.2 Å². The SMILES string of the molecule is CCCCNC(=O)C(C)N(Cc1cccc(Br)c1)C(=O)CN(c1ccc(F)cc1)S(=O)(=O)c1ccc(OC)c(OC)c1. The van der Waals surface area contributed by atoms with Crippen LogP contribution in [0.1, 0.15) is 32.3 Å². The molecule has 1 atom stereocenters. The number of ether oxygens (including phenoxy) is 2. The Hall–Kier alpha value is -3.64. The Morgan fingerprint density at radius 1 is 1.00 bits per heavy atom. The molecule has 226 valence electrons. The van der Waals surface area contributed by atoms with Crippen LogP contribution in [0.25, 0.3) is 0 Å². The number of methoxy groups -OCH3 is 2. The number of carbonyl (C=O) groups excluding carboxylic acids is 2. The number of carbonyl (C=O) groups is 2. The Morgan fingerprint density at radius 3 is 2.31 bits per heavy atom. The van der Waals surface area contributed by atoms with Gasteiger partial charge in [0.15, 0.2) is 11.5 Å². The molecule has 3 aromatic rings. The summed E-state index contributed by atoms with van der Waals surface area (Å²) in [5, 5.41) is 2.85. The molecule has 2 amide bonds. The first-order valence-electron chi connectivity index (χ1n) is 13.3. The van der Waals surface area contributed by atoms with E-state index in [2.05, 4.69) is 21.2 Å². The van der Waals surface area contributed by atoms with Gasteiger partial charge in [-0.1, -0.05) is 41.4 Å². The van der Waals surface area contributed by atoms with E-state index in [-0.39, 0.29) is 28.8 Å². The summed E-state index contributed by atoms with van der Waals surface area (Å²) in [5.74, 6) is -1.05. The molecule has 0 radical (unpaired) electrons. The highest BCUT2D eigenvalue weighted by Gasteiger charge is 2.33. The van der Waals surface area contributed by atoms with Gasteiger partial charge in [-0.25, -0.2) is 12.8 Å². The Bertz CT molecular complexity index is 1490. The van der Waals surface area contributed by atoms with Crippen molar-refractivity contribution in [3.63, 3.8) is 0 Å². The van der Waals surface area contributed by atoms with E-state index in [4.69, 9.17) is 9.47 Å². The molecule has 0 aliphatic heterocycles. The van der Waals surface area contributed by atoms with Gasteiger partial charge in [0.25, 0.3) is 10.0 Å². The molecule has 0 saturated heterocycles. The van der Waals surface area contributed by atoms with Gasteiger partial charge in [0, 0.05) is 23.6 Å². The van der Waals surface area contributed by atoms with Crippen molar-refractivity contribution < 1.29 is 31.9 Å². The maximum atomic E-state index is 14.0. The number of rotatable bonds is 14. The molecule has 0 fully saturated rings. The van der Waals surface area contributed by atoms with Gasteiger partial charge < -0.3 is 19.7 Å². The number of sulfonamides is 1. The summed E-state index contributed by atoms with van der Waals surface area (Å²) in [5.41, 5.74) is 0.809. The minimum atomic E-state index is -4.38. The van der Waals surface area contributed by atoms with Gasteiger partial charge in [-0.05, 0) is 67.4 Å². The van der Waals surface area contributed by atoms with E-state index >= 15 is 0 Å². The fourth-order valence-corrected chi connectivity index (χ4v) is 6.07. The van der Waals surface area contributed by atoms with Crippen LogP contribution in [0.5, 0.6) is 11.5 Å². The molecule has 12 heteroatoms. The van der Waals surface area contributed by atoms with Crippen LogP contribution in [0.3, 0.4) is 0 Å². The van der Waals surface area contributed by atoms with E-state index in [1.807, 2.05) is 25.1 Å². The number of nitrogens with zero attached hydrogens (tertiary/aromatic N) is 2. The molecule has 1 unspecified atom stereocenters. The predicted molar refractivity (Wildman–Crippen MR) is 163 cm³/mol. The second kappa shape index (κ2) is 15.0. The number of anilines is 1. The van der Waals surface area contributed by atoms with Crippen LogP contribution in [0.15, 0.2) is 76.1 Å². The summed E-state index contributed by atoms with van der Waals surface area (Å²) >= 11 is 3.43. The third-order valence-corrected chi connectivity index (χ3v) is 8.84. The minimum absolute atomic E-state index is 0.0499. The average molecular weight is 665 g/mol. The highest BCUT2D eigenvalue weighted by atomic mass is 79.9. The topological polar surface area (TPSA) is 105 Å². The second-order valence-electron chi connectivity index (χ2n) is 9.48. The molecule has 3 aromatic carbocycles. The fraction of sp³-hybridized carbons (Fsp3) is 0.333. The smallest absolute Gasteiger partial charge is 0.264 e. The molecule has 1 N–H and O–H groups in total. The molecule has 0 aromatic heterocycles. The van der Waals surface area contributed by atoms with Gasteiger partial charge in [0.1, 0.15) is 18.4 Å². The number of halogens is 2. The molecule has 0 heterocycles. The van der Waals surface area contributed by atoms with Crippen LogP contribution in [0, 0.1) is 5.82 Å². The van der Waals surface area contributed by atoms with E-state index in [0.29, 0.717) is 12.3 Å². The van der Waals surface area contributed by atoms with E-state index in [1.165, 1.54) is 49.5 Å². The first-order chi connectivity index (χ1) is 20.0. The lowest BCUT2D eigenvalue weighted by atomic mass is 10.1. The van der Waals surface area contributed by atoms with Gasteiger partial charge in [-0.3, -0.25) is 13.9 Å². The average Bonchev–Trinajstić information content (AvgIpc) is 2.98. The van der Waals surface area contributed by atoms with Gasteiger partial charge in [0.05, 0.1) is 24.8 Å². The lowest BCUT2D eigenvalue weighted by Crippen LogP contribution is -2.51. The van der Waals surface area contributed by atoms with Crippen molar-refractivity contribution >= 4 is 43.5 Å².